The van der Waals surface area contributed by atoms with Crippen LogP contribution in [0.4, 0.5) is 19.0 Å². The van der Waals surface area contributed by atoms with Crippen molar-refractivity contribution in [3.63, 3.8) is 0 Å². The van der Waals surface area contributed by atoms with Crippen LogP contribution in [0.15, 0.2) is 18.3 Å². The number of aromatic nitrogens is 1. The number of rotatable bonds is 6. The Balaban J connectivity index is 2.68. The zero-order valence-corrected chi connectivity index (χ0v) is 12.3. The minimum absolute atomic E-state index is 0.256. The summed E-state index contributed by atoms with van der Waals surface area (Å²) in [7, 11) is 3.93. The second-order valence-electron chi connectivity index (χ2n) is 5.56. The van der Waals surface area contributed by atoms with Gasteiger partial charge in [0.2, 0.25) is 0 Å². The maximum atomic E-state index is 12.6. The summed E-state index contributed by atoms with van der Waals surface area (Å²) in [6.07, 6.45) is -2.19. The molecule has 114 valence electrons. The lowest BCUT2D eigenvalue weighted by atomic mass is 10.0. The van der Waals surface area contributed by atoms with E-state index < -0.39 is 11.7 Å². The third-order valence-electron chi connectivity index (χ3n) is 3.08. The summed E-state index contributed by atoms with van der Waals surface area (Å²) < 4.78 is 37.8. The Labute approximate surface area is 118 Å². The summed E-state index contributed by atoms with van der Waals surface area (Å²) in [5.74, 6) is 0.786. The van der Waals surface area contributed by atoms with Gasteiger partial charge in [0, 0.05) is 18.8 Å². The van der Waals surface area contributed by atoms with Gasteiger partial charge >= 0.3 is 6.18 Å². The van der Waals surface area contributed by atoms with Crippen LogP contribution in [0, 0.1) is 5.92 Å². The van der Waals surface area contributed by atoms with E-state index in [4.69, 9.17) is 0 Å². The first-order valence-corrected chi connectivity index (χ1v) is 6.63. The molecular formula is C14H22F3N3. The molecule has 0 bridgehead atoms. The van der Waals surface area contributed by atoms with Gasteiger partial charge in [0.15, 0.2) is 0 Å². The molecule has 0 aliphatic heterocycles. The molecule has 1 aromatic rings. The molecule has 0 saturated carbocycles. The van der Waals surface area contributed by atoms with Crippen LogP contribution in [0.1, 0.15) is 25.8 Å². The molecule has 0 spiro atoms. The first-order valence-electron chi connectivity index (χ1n) is 6.63. The fourth-order valence-electron chi connectivity index (χ4n) is 1.95. The van der Waals surface area contributed by atoms with Gasteiger partial charge in [0.1, 0.15) is 5.82 Å². The highest BCUT2D eigenvalue weighted by molar-refractivity contribution is 5.38. The van der Waals surface area contributed by atoms with Crippen molar-refractivity contribution in [3.05, 3.63) is 23.9 Å². The van der Waals surface area contributed by atoms with Gasteiger partial charge in [-0.3, -0.25) is 0 Å². The number of anilines is 1. The Morgan fingerprint density at radius 3 is 2.45 bits per heavy atom. The van der Waals surface area contributed by atoms with Crippen LogP contribution in [-0.2, 0) is 6.18 Å². The number of pyridine rings is 1. The molecule has 1 atom stereocenters. The molecule has 0 fully saturated rings. The highest BCUT2D eigenvalue weighted by Crippen LogP contribution is 2.29. The molecule has 0 amide bonds. The smallest absolute Gasteiger partial charge is 0.368 e. The van der Waals surface area contributed by atoms with Crippen LogP contribution in [0.2, 0.25) is 0 Å². The van der Waals surface area contributed by atoms with E-state index in [0.717, 1.165) is 18.6 Å². The Morgan fingerprint density at radius 2 is 1.95 bits per heavy atom. The van der Waals surface area contributed by atoms with E-state index in [1.54, 1.807) is 0 Å². The van der Waals surface area contributed by atoms with Gasteiger partial charge in [-0.25, -0.2) is 4.98 Å². The van der Waals surface area contributed by atoms with E-state index in [1.807, 2.05) is 14.1 Å². The fraction of sp³-hybridized carbons (Fsp3) is 0.643. The quantitative estimate of drug-likeness (QED) is 0.869. The zero-order chi connectivity index (χ0) is 15.3. The normalized spacial score (nSPS) is 13.8. The van der Waals surface area contributed by atoms with Crippen LogP contribution >= 0.6 is 0 Å². The summed E-state index contributed by atoms with van der Waals surface area (Å²) in [6, 6.07) is 2.27. The van der Waals surface area contributed by atoms with Gasteiger partial charge < -0.3 is 10.2 Å². The van der Waals surface area contributed by atoms with Crippen LogP contribution < -0.4 is 5.32 Å². The maximum absolute atomic E-state index is 12.6. The maximum Gasteiger partial charge on any atom is 0.416 e. The molecule has 0 saturated heterocycles. The monoisotopic (exact) mass is 289 g/mol. The molecule has 1 aromatic heterocycles. The predicted molar refractivity (Wildman–Crippen MR) is 74.7 cm³/mol. The van der Waals surface area contributed by atoms with Crippen LogP contribution in [0.3, 0.4) is 0 Å². The summed E-state index contributed by atoms with van der Waals surface area (Å²) in [6.45, 7) is 4.82. The fourth-order valence-corrected chi connectivity index (χ4v) is 1.95. The third kappa shape index (κ3) is 5.36. The number of hydrogen-bond acceptors (Lipinski definition) is 3. The zero-order valence-electron chi connectivity index (χ0n) is 12.3. The van der Waals surface area contributed by atoms with Crippen molar-refractivity contribution >= 4 is 5.82 Å². The van der Waals surface area contributed by atoms with Gasteiger partial charge in [-0.15, -0.1) is 0 Å². The molecule has 1 N–H and O–H groups in total. The Hall–Kier alpha value is -1.30. The van der Waals surface area contributed by atoms with Crippen molar-refractivity contribution in [1.82, 2.24) is 9.88 Å². The number of hydrogen-bond donors (Lipinski definition) is 1. The van der Waals surface area contributed by atoms with Crippen molar-refractivity contribution in [2.75, 3.05) is 26.0 Å². The van der Waals surface area contributed by atoms with Crippen molar-refractivity contribution in [2.24, 2.45) is 5.92 Å². The summed E-state index contributed by atoms with van der Waals surface area (Å²) in [5, 5.41) is 2.99. The minimum atomic E-state index is -4.34. The van der Waals surface area contributed by atoms with Gasteiger partial charge in [-0.2, -0.15) is 13.2 Å². The molecule has 1 rings (SSSR count). The lowest BCUT2D eigenvalue weighted by Gasteiger charge is -2.26. The first-order chi connectivity index (χ1) is 9.20. The van der Waals surface area contributed by atoms with E-state index in [1.165, 1.54) is 6.20 Å². The summed E-state index contributed by atoms with van der Waals surface area (Å²) >= 11 is 0. The second-order valence-corrected chi connectivity index (χ2v) is 5.56. The predicted octanol–water partition coefficient (Wildman–Crippen LogP) is 3.49. The molecule has 0 aromatic carbocycles. The van der Waals surface area contributed by atoms with Crippen molar-refractivity contribution < 1.29 is 13.2 Å². The number of likely N-dealkylation sites (N-methyl/N-ethyl adjacent to an activating group) is 1. The number of nitrogens with zero attached hydrogens (tertiary/aromatic N) is 2. The lowest BCUT2D eigenvalue weighted by molar-refractivity contribution is -0.137. The van der Waals surface area contributed by atoms with Gasteiger partial charge in [0.05, 0.1) is 5.56 Å². The minimum Gasteiger partial charge on any atom is -0.368 e. The van der Waals surface area contributed by atoms with Gasteiger partial charge in [-0.05, 0) is 38.6 Å². The third-order valence-corrected chi connectivity index (χ3v) is 3.08. The molecule has 20 heavy (non-hydrogen) atoms. The second kappa shape index (κ2) is 6.92. The highest BCUT2D eigenvalue weighted by Gasteiger charge is 2.30. The largest absolute Gasteiger partial charge is 0.416 e. The molecule has 0 aliphatic rings. The molecule has 0 radical (unpaired) electrons. The van der Waals surface area contributed by atoms with Crippen molar-refractivity contribution in [2.45, 2.75) is 32.5 Å². The average Bonchev–Trinajstić information content (AvgIpc) is 2.33. The van der Waals surface area contributed by atoms with Gasteiger partial charge in [0.25, 0.3) is 0 Å². The van der Waals surface area contributed by atoms with Crippen molar-refractivity contribution in [3.8, 4) is 0 Å². The number of halogens is 3. The molecule has 6 heteroatoms. The highest BCUT2D eigenvalue weighted by atomic mass is 19.4. The standard InChI is InChI=1S/C14H22F3N3/c1-10(2)7-12(20(3)4)9-19-13-8-11(5-6-18-13)14(15,16)17/h5-6,8,10,12H,7,9H2,1-4H3,(H,18,19). The lowest BCUT2D eigenvalue weighted by Crippen LogP contribution is -2.35. The van der Waals surface area contributed by atoms with E-state index >= 15 is 0 Å². The summed E-state index contributed by atoms with van der Waals surface area (Å²) in [4.78, 5) is 6.00. The average molecular weight is 289 g/mol. The van der Waals surface area contributed by atoms with E-state index in [-0.39, 0.29) is 11.9 Å². The SMILES string of the molecule is CC(C)CC(CNc1cc(C(F)(F)F)ccn1)N(C)C. The first kappa shape index (κ1) is 16.8. The number of nitrogens with one attached hydrogen (secondary N) is 1. The molecular weight excluding hydrogens is 267 g/mol. The van der Waals surface area contributed by atoms with Crippen LogP contribution in [-0.4, -0.2) is 36.6 Å². The van der Waals surface area contributed by atoms with Crippen molar-refractivity contribution in [1.29, 1.82) is 0 Å². The Bertz CT molecular complexity index is 416. The molecule has 1 unspecified atom stereocenters. The Kier molecular flexibility index (Phi) is 5.80. The molecule has 3 nitrogen and oxygen atoms in total. The van der Waals surface area contributed by atoms with E-state index in [9.17, 15) is 13.2 Å². The van der Waals surface area contributed by atoms with Crippen LogP contribution in [0.25, 0.3) is 0 Å². The van der Waals surface area contributed by atoms with Crippen LogP contribution in [0.5, 0.6) is 0 Å². The Morgan fingerprint density at radius 1 is 1.30 bits per heavy atom. The topological polar surface area (TPSA) is 28.2 Å². The molecule has 0 aliphatic carbocycles. The van der Waals surface area contributed by atoms with Gasteiger partial charge in [-0.1, -0.05) is 13.8 Å². The summed E-state index contributed by atoms with van der Waals surface area (Å²) in [5.41, 5.74) is -0.680. The van der Waals surface area contributed by atoms with E-state index in [2.05, 4.69) is 29.0 Å². The number of alkyl halides is 3. The van der Waals surface area contributed by atoms with E-state index in [0.29, 0.717) is 12.5 Å². The molecule has 1 heterocycles.